The van der Waals surface area contributed by atoms with Gasteiger partial charge in [0, 0.05) is 30.2 Å². The number of anilines is 2. The largest absolute Gasteiger partial charge is 0.384 e. The van der Waals surface area contributed by atoms with Crippen molar-refractivity contribution < 1.29 is 9.59 Å². The second-order valence-corrected chi connectivity index (χ2v) is 6.14. The Bertz CT molecular complexity index is 744. The zero-order chi connectivity index (χ0) is 18.2. The van der Waals surface area contributed by atoms with Crippen LogP contribution < -0.4 is 10.6 Å². The number of nitrogens with zero attached hydrogens (tertiary/aromatic N) is 2. The molecule has 0 saturated carbocycles. The van der Waals surface area contributed by atoms with Gasteiger partial charge in [-0.25, -0.2) is 0 Å². The number of nitrogens with one attached hydrogen (secondary N) is 2. The Morgan fingerprint density at radius 1 is 1.08 bits per heavy atom. The Balaban J connectivity index is 1.98. The van der Waals surface area contributed by atoms with Gasteiger partial charge in [0.2, 0.25) is 0 Å². The van der Waals surface area contributed by atoms with Gasteiger partial charge in [0.15, 0.2) is 5.78 Å². The average molecular weight is 340 g/mol. The molecule has 2 rings (SSSR count). The molecule has 0 atom stereocenters. The highest BCUT2D eigenvalue weighted by Gasteiger charge is 2.09. The number of carbonyl (C=O) groups excluding carboxylic acids is 2. The maximum Gasteiger partial charge on any atom is 0.257 e. The highest BCUT2D eigenvalue weighted by molar-refractivity contribution is 6.05. The molecule has 0 saturated heterocycles. The van der Waals surface area contributed by atoms with Crippen LogP contribution in [0.3, 0.4) is 0 Å². The molecule has 0 bridgehead atoms. The van der Waals surface area contributed by atoms with Crippen LogP contribution in [0.25, 0.3) is 0 Å². The van der Waals surface area contributed by atoms with Gasteiger partial charge in [0.05, 0.1) is 11.3 Å². The van der Waals surface area contributed by atoms with Crippen molar-refractivity contribution in [3.8, 4) is 0 Å². The predicted molar refractivity (Wildman–Crippen MR) is 100 cm³/mol. The quantitative estimate of drug-likeness (QED) is 0.571. The van der Waals surface area contributed by atoms with Gasteiger partial charge in [-0.3, -0.25) is 14.6 Å². The first-order valence-electron chi connectivity index (χ1n) is 8.21. The van der Waals surface area contributed by atoms with Gasteiger partial charge in [-0.15, -0.1) is 0 Å². The first-order valence-corrected chi connectivity index (χ1v) is 8.21. The van der Waals surface area contributed by atoms with E-state index in [-0.39, 0.29) is 11.7 Å². The summed E-state index contributed by atoms with van der Waals surface area (Å²) >= 11 is 0. The van der Waals surface area contributed by atoms with E-state index in [2.05, 4.69) is 20.5 Å². The summed E-state index contributed by atoms with van der Waals surface area (Å²) in [6.07, 6.45) is 4.22. The van der Waals surface area contributed by atoms with Crippen molar-refractivity contribution in [3.63, 3.8) is 0 Å². The number of ketones is 1. The highest BCUT2D eigenvalue weighted by Crippen LogP contribution is 2.14. The SMILES string of the molecule is CC(=O)c1cccc(NC(=O)c2cncc(NCCCN(C)C)c2)c1. The number of Topliss-reactive ketones (excluding diaryl/α,β-unsaturated/α-hetero) is 1. The lowest BCUT2D eigenvalue weighted by Crippen LogP contribution is -2.17. The lowest BCUT2D eigenvalue weighted by atomic mass is 10.1. The van der Waals surface area contributed by atoms with Gasteiger partial charge in [0.1, 0.15) is 0 Å². The van der Waals surface area contributed by atoms with Crippen LogP contribution in [0.1, 0.15) is 34.1 Å². The monoisotopic (exact) mass is 340 g/mol. The number of amides is 1. The number of hydrogen-bond acceptors (Lipinski definition) is 5. The molecule has 0 aliphatic carbocycles. The Kier molecular flexibility index (Phi) is 6.65. The molecule has 1 aromatic heterocycles. The lowest BCUT2D eigenvalue weighted by molar-refractivity contribution is 0.101. The number of pyridine rings is 1. The van der Waals surface area contributed by atoms with Gasteiger partial charge in [0.25, 0.3) is 5.91 Å². The molecule has 6 heteroatoms. The average Bonchev–Trinajstić information content (AvgIpc) is 2.59. The van der Waals surface area contributed by atoms with Crippen LogP contribution in [-0.4, -0.2) is 48.8 Å². The molecule has 0 radical (unpaired) electrons. The van der Waals surface area contributed by atoms with Gasteiger partial charge in [-0.05, 0) is 52.2 Å². The molecule has 0 aliphatic rings. The van der Waals surface area contributed by atoms with E-state index >= 15 is 0 Å². The van der Waals surface area contributed by atoms with Crippen molar-refractivity contribution in [2.45, 2.75) is 13.3 Å². The van der Waals surface area contributed by atoms with Crippen molar-refractivity contribution in [1.82, 2.24) is 9.88 Å². The van der Waals surface area contributed by atoms with Gasteiger partial charge in [-0.1, -0.05) is 12.1 Å². The van der Waals surface area contributed by atoms with Crippen LogP contribution in [0.5, 0.6) is 0 Å². The lowest BCUT2D eigenvalue weighted by Gasteiger charge is -2.11. The summed E-state index contributed by atoms with van der Waals surface area (Å²) in [4.78, 5) is 30.1. The first kappa shape index (κ1) is 18.6. The number of carbonyl (C=O) groups is 2. The topological polar surface area (TPSA) is 74.3 Å². The van der Waals surface area contributed by atoms with E-state index in [0.29, 0.717) is 16.8 Å². The minimum Gasteiger partial charge on any atom is -0.384 e. The Morgan fingerprint density at radius 3 is 2.56 bits per heavy atom. The van der Waals surface area contributed by atoms with Crippen LogP contribution in [0.4, 0.5) is 11.4 Å². The molecule has 0 spiro atoms. The molecule has 0 unspecified atom stereocenters. The summed E-state index contributed by atoms with van der Waals surface area (Å²) in [6.45, 7) is 3.30. The fourth-order valence-electron chi connectivity index (χ4n) is 2.31. The second-order valence-electron chi connectivity index (χ2n) is 6.14. The molecule has 2 aromatic rings. The molecular formula is C19H24N4O2. The van der Waals surface area contributed by atoms with Crippen LogP contribution >= 0.6 is 0 Å². The Morgan fingerprint density at radius 2 is 1.84 bits per heavy atom. The zero-order valence-corrected chi connectivity index (χ0v) is 14.9. The number of rotatable bonds is 8. The number of benzene rings is 1. The Labute approximate surface area is 148 Å². The highest BCUT2D eigenvalue weighted by atomic mass is 16.1. The summed E-state index contributed by atoms with van der Waals surface area (Å²) in [7, 11) is 4.07. The van der Waals surface area contributed by atoms with E-state index in [9.17, 15) is 9.59 Å². The Hall–Kier alpha value is -2.73. The third-order valence-electron chi connectivity index (χ3n) is 3.64. The normalized spacial score (nSPS) is 10.6. The van der Waals surface area contributed by atoms with Crippen LogP contribution in [-0.2, 0) is 0 Å². The standard InChI is InChI=1S/C19H24N4O2/c1-14(24)15-6-4-7-17(10-15)22-19(25)16-11-18(13-20-12-16)21-8-5-9-23(2)3/h4,6-7,10-13,21H,5,8-9H2,1-3H3,(H,22,25). The number of aromatic nitrogens is 1. The van der Waals surface area contributed by atoms with Crippen LogP contribution in [0.2, 0.25) is 0 Å². The minimum absolute atomic E-state index is 0.0401. The van der Waals surface area contributed by atoms with Gasteiger partial charge >= 0.3 is 0 Å². The zero-order valence-electron chi connectivity index (χ0n) is 14.9. The summed E-state index contributed by atoms with van der Waals surface area (Å²) < 4.78 is 0. The molecule has 6 nitrogen and oxygen atoms in total. The first-order chi connectivity index (χ1) is 12.0. The summed E-state index contributed by atoms with van der Waals surface area (Å²) in [5, 5.41) is 6.07. The van der Waals surface area contributed by atoms with Crippen molar-refractivity contribution in [1.29, 1.82) is 0 Å². The second kappa shape index (κ2) is 8.94. The van der Waals surface area contributed by atoms with E-state index < -0.39 is 0 Å². The maximum absolute atomic E-state index is 12.4. The van der Waals surface area contributed by atoms with Crippen molar-refractivity contribution in [3.05, 3.63) is 53.9 Å². The van der Waals surface area contributed by atoms with E-state index in [1.54, 1.807) is 36.5 Å². The molecule has 132 valence electrons. The van der Waals surface area contributed by atoms with E-state index in [1.807, 2.05) is 14.1 Å². The van der Waals surface area contributed by atoms with Crippen LogP contribution in [0.15, 0.2) is 42.7 Å². The van der Waals surface area contributed by atoms with Gasteiger partial charge < -0.3 is 15.5 Å². The van der Waals surface area contributed by atoms with E-state index in [4.69, 9.17) is 0 Å². The summed E-state index contributed by atoms with van der Waals surface area (Å²) in [6, 6.07) is 8.65. The summed E-state index contributed by atoms with van der Waals surface area (Å²) in [5.74, 6) is -0.299. The molecule has 0 aliphatic heterocycles. The molecule has 0 fully saturated rings. The molecule has 1 amide bonds. The minimum atomic E-state index is -0.259. The van der Waals surface area contributed by atoms with Crippen LogP contribution in [0, 0.1) is 0 Å². The van der Waals surface area contributed by atoms with E-state index in [1.165, 1.54) is 13.1 Å². The fourth-order valence-corrected chi connectivity index (χ4v) is 2.31. The number of hydrogen-bond donors (Lipinski definition) is 2. The van der Waals surface area contributed by atoms with Gasteiger partial charge in [-0.2, -0.15) is 0 Å². The fraction of sp³-hybridized carbons (Fsp3) is 0.316. The maximum atomic E-state index is 12.4. The smallest absolute Gasteiger partial charge is 0.257 e. The van der Waals surface area contributed by atoms with E-state index in [0.717, 1.165) is 25.2 Å². The molecule has 1 aromatic carbocycles. The predicted octanol–water partition coefficient (Wildman–Crippen LogP) is 2.90. The van der Waals surface area contributed by atoms with Crippen molar-refractivity contribution in [2.75, 3.05) is 37.8 Å². The molecule has 1 heterocycles. The third kappa shape index (κ3) is 6.00. The van der Waals surface area contributed by atoms with Crippen molar-refractivity contribution in [2.24, 2.45) is 0 Å². The molecular weight excluding hydrogens is 316 g/mol. The molecule has 2 N–H and O–H groups in total. The third-order valence-corrected chi connectivity index (χ3v) is 3.64. The molecule has 25 heavy (non-hydrogen) atoms. The van der Waals surface area contributed by atoms with Crippen molar-refractivity contribution >= 4 is 23.1 Å². The summed E-state index contributed by atoms with van der Waals surface area (Å²) in [5.41, 5.74) is 2.42.